The number of fused-ring (bicyclic) bond motifs is 1. The molecule has 0 unspecified atom stereocenters. The molecular formula is C41H35F3N6O5S. The molecule has 0 aliphatic carbocycles. The van der Waals surface area contributed by atoms with E-state index in [9.17, 15) is 0 Å². The first-order chi connectivity index (χ1) is 27.0. The maximum absolute atomic E-state index is 15.4. The lowest BCUT2D eigenvalue weighted by atomic mass is 9.93. The summed E-state index contributed by atoms with van der Waals surface area (Å²) >= 11 is 0. The smallest absolute Gasteiger partial charge is 0.417 e. The molecule has 0 amide bonds. The van der Waals surface area contributed by atoms with E-state index in [1.54, 1.807) is 109 Å². The van der Waals surface area contributed by atoms with E-state index < -0.39 is 26.7 Å². The van der Waals surface area contributed by atoms with Gasteiger partial charge >= 0.3 is 6.18 Å². The van der Waals surface area contributed by atoms with Crippen molar-refractivity contribution < 1.29 is 35.8 Å². The fraction of sp³-hybridized carbons (Fsp3) is 0.171. The first-order valence-electron chi connectivity index (χ1n) is 17.2. The van der Waals surface area contributed by atoms with Crippen LogP contribution in [-0.2, 0) is 35.8 Å². The number of hydrogen-bond donors (Lipinski definition) is 0. The number of hydrogen-bond acceptors (Lipinski definition) is 9. The molecule has 0 spiro atoms. The van der Waals surface area contributed by atoms with Gasteiger partial charge in [-0.2, -0.15) is 17.5 Å². The van der Waals surface area contributed by atoms with Crippen LogP contribution in [0, 0.1) is 0 Å². The average molecular weight is 781 g/mol. The zero-order valence-corrected chi connectivity index (χ0v) is 31.3. The zero-order chi connectivity index (χ0) is 39.5. The fourth-order valence-electron chi connectivity index (χ4n) is 6.48. The summed E-state index contributed by atoms with van der Waals surface area (Å²) in [6.07, 6.45) is -3.52. The molecule has 2 heterocycles. The molecule has 0 aliphatic heterocycles. The Bertz CT molecular complexity index is 2530. The third kappa shape index (κ3) is 7.76. The second kappa shape index (κ2) is 15.8. The van der Waals surface area contributed by atoms with Gasteiger partial charge in [-0.3, -0.25) is 4.98 Å². The molecule has 5 aromatic carbocycles. The molecule has 15 heteroatoms. The molecule has 0 saturated carbocycles. The molecule has 0 saturated heterocycles. The Balaban J connectivity index is 1.51. The van der Waals surface area contributed by atoms with Crippen molar-refractivity contribution in [1.29, 1.82) is 0 Å². The van der Waals surface area contributed by atoms with Crippen molar-refractivity contribution in [2.45, 2.75) is 30.7 Å². The Labute approximate surface area is 321 Å². The molecule has 0 radical (unpaired) electrons. The van der Waals surface area contributed by atoms with Crippen LogP contribution in [-0.4, -0.2) is 59.2 Å². The Kier molecular flexibility index (Phi) is 10.7. The number of nitrogens with zero attached hydrogens (tertiary/aromatic N) is 6. The van der Waals surface area contributed by atoms with Gasteiger partial charge < -0.3 is 14.2 Å². The number of halogens is 3. The molecule has 7 rings (SSSR count). The average Bonchev–Trinajstić information content (AvgIpc) is 3.67. The van der Waals surface area contributed by atoms with E-state index in [0.717, 1.165) is 10.4 Å². The standard InChI is InChI=1S/C41H35F3N6O5S/c1-53-30-15-9-27(10-16-30)24-49(25-28-11-17-31(54-2)18-12-28)56(51,52)39-36(41(42,43)44)22-21-35(33-6-4-8-37-34(33)7-5-23-45-37)38(39)40-46-47-48-50(40)26-29-13-19-32(55-3)20-14-29/h4-23H,24-26H2,1-3H3. The quantitative estimate of drug-likeness (QED) is 0.115. The van der Waals surface area contributed by atoms with Crippen LogP contribution in [0.15, 0.2) is 126 Å². The van der Waals surface area contributed by atoms with E-state index in [1.165, 1.54) is 32.1 Å². The summed E-state index contributed by atoms with van der Waals surface area (Å²) < 4.78 is 95.2. The number of tetrazole rings is 1. The fourth-order valence-corrected chi connectivity index (χ4v) is 8.29. The molecule has 0 fully saturated rings. The number of rotatable bonds is 13. The van der Waals surface area contributed by atoms with Crippen LogP contribution in [0.2, 0.25) is 0 Å². The van der Waals surface area contributed by atoms with Gasteiger partial charge in [0.1, 0.15) is 22.1 Å². The van der Waals surface area contributed by atoms with Crippen LogP contribution >= 0.6 is 0 Å². The predicted octanol–water partition coefficient (Wildman–Crippen LogP) is 8.04. The number of methoxy groups -OCH3 is 3. The topological polar surface area (TPSA) is 122 Å². The van der Waals surface area contributed by atoms with Gasteiger partial charge in [-0.05, 0) is 92.8 Å². The van der Waals surface area contributed by atoms with E-state index >= 15 is 21.6 Å². The van der Waals surface area contributed by atoms with Crippen molar-refractivity contribution in [3.05, 3.63) is 144 Å². The van der Waals surface area contributed by atoms with Crippen LogP contribution < -0.4 is 14.2 Å². The number of sulfonamides is 1. The van der Waals surface area contributed by atoms with Crippen LogP contribution in [0.1, 0.15) is 22.3 Å². The molecule has 11 nitrogen and oxygen atoms in total. The molecular weight excluding hydrogens is 746 g/mol. The minimum atomic E-state index is -5.11. The van der Waals surface area contributed by atoms with Crippen molar-refractivity contribution in [3.63, 3.8) is 0 Å². The predicted molar refractivity (Wildman–Crippen MR) is 204 cm³/mol. The summed E-state index contributed by atoms with van der Waals surface area (Å²) in [5.41, 5.74) is 1.18. The van der Waals surface area contributed by atoms with Crippen molar-refractivity contribution in [3.8, 4) is 39.8 Å². The van der Waals surface area contributed by atoms with Gasteiger partial charge in [0.05, 0.1) is 39.0 Å². The second-order valence-electron chi connectivity index (χ2n) is 12.7. The first-order valence-corrected chi connectivity index (χ1v) is 18.7. The molecule has 0 aliphatic rings. The number of benzene rings is 5. The van der Waals surface area contributed by atoms with E-state index in [4.69, 9.17) is 14.2 Å². The van der Waals surface area contributed by atoms with E-state index in [0.29, 0.717) is 50.4 Å². The zero-order valence-electron chi connectivity index (χ0n) is 30.4. The maximum atomic E-state index is 15.4. The van der Waals surface area contributed by atoms with E-state index in [1.807, 2.05) is 0 Å². The minimum Gasteiger partial charge on any atom is -0.497 e. The largest absolute Gasteiger partial charge is 0.497 e. The molecule has 0 atom stereocenters. The van der Waals surface area contributed by atoms with Crippen molar-refractivity contribution in [2.75, 3.05) is 21.3 Å². The summed E-state index contributed by atoms with van der Waals surface area (Å²) in [6.45, 7) is -0.567. The number of pyridine rings is 1. The molecule has 0 N–H and O–H groups in total. The summed E-state index contributed by atoms with van der Waals surface area (Å²) in [7, 11) is -0.549. The lowest BCUT2D eigenvalue weighted by Crippen LogP contribution is -2.32. The third-order valence-corrected chi connectivity index (χ3v) is 11.2. The second-order valence-corrected chi connectivity index (χ2v) is 14.6. The molecule has 7 aromatic rings. The van der Waals surface area contributed by atoms with Gasteiger partial charge in [0, 0.05) is 30.2 Å². The molecule has 0 bridgehead atoms. The summed E-state index contributed by atoms with van der Waals surface area (Å²) in [5.74, 6) is 1.47. The molecule has 2 aromatic heterocycles. The minimum absolute atomic E-state index is 0.00000442. The first kappa shape index (κ1) is 38.0. The van der Waals surface area contributed by atoms with Gasteiger partial charge in [-0.15, -0.1) is 5.10 Å². The van der Waals surface area contributed by atoms with Gasteiger partial charge in [0.25, 0.3) is 0 Å². The normalized spacial score (nSPS) is 11.9. The van der Waals surface area contributed by atoms with Crippen LogP contribution in [0.3, 0.4) is 0 Å². The Morgan fingerprint density at radius 2 is 1.25 bits per heavy atom. The Morgan fingerprint density at radius 1 is 0.679 bits per heavy atom. The SMILES string of the molecule is COc1ccc(CN(Cc2ccc(OC)cc2)S(=O)(=O)c2c(C(F)(F)F)ccc(-c3cccc4ncccc34)c2-c2nnnn2Cc2ccc(OC)cc2)cc1. The maximum Gasteiger partial charge on any atom is 0.417 e. The van der Waals surface area contributed by atoms with Gasteiger partial charge in [0.15, 0.2) is 5.82 Å². The highest BCUT2D eigenvalue weighted by atomic mass is 32.2. The van der Waals surface area contributed by atoms with E-state index in [-0.39, 0.29) is 36.6 Å². The number of alkyl halides is 3. The third-order valence-electron chi connectivity index (χ3n) is 9.28. The van der Waals surface area contributed by atoms with Crippen molar-refractivity contribution in [2.24, 2.45) is 0 Å². The number of ether oxygens (including phenoxy) is 3. The summed E-state index contributed by atoms with van der Waals surface area (Å²) in [5, 5.41) is 12.8. The molecule has 56 heavy (non-hydrogen) atoms. The summed E-state index contributed by atoms with van der Waals surface area (Å²) in [4.78, 5) is 3.45. The monoisotopic (exact) mass is 780 g/mol. The highest BCUT2D eigenvalue weighted by Gasteiger charge is 2.43. The highest BCUT2D eigenvalue weighted by molar-refractivity contribution is 7.89. The van der Waals surface area contributed by atoms with Crippen LogP contribution in [0.25, 0.3) is 33.4 Å². The van der Waals surface area contributed by atoms with Gasteiger partial charge in [-0.1, -0.05) is 60.7 Å². The van der Waals surface area contributed by atoms with Crippen molar-refractivity contribution >= 4 is 20.9 Å². The van der Waals surface area contributed by atoms with Gasteiger partial charge in [-0.25, -0.2) is 13.1 Å². The lowest BCUT2D eigenvalue weighted by molar-refractivity contribution is -0.139. The van der Waals surface area contributed by atoms with Crippen LogP contribution in [0.4, 0.5) is 13.2 Å². The molecule has 286 valence electrons. The van der Waals surface area contributed by atoms with Crippen LogP contribution in [0.5, 0.6) is 17.2 Å². The van der Waals surface area contributed by atoms with E-state index in [2.05, 4.69) is 20.5 Å². The highest BCUT2D eigenvalue weighted by Crippen LogP contribution is 2.46. The Hall–Kier alpha value is -6.32. The number of aromatic nitrogens is 5. The Morgan fingerprint density at radius 3 is 1.80 bits per heavy atom. The van der Waals surface area contributed by atoms with Crippen molar-refractivity contribution in [1.82, 2.24) is 29.5 Å². The lowest BCUT2D eigenvalue weighted by Gasteiger charge is -2.27. The van der Waals surface area contributed by atoms with Gasteiger partial charge in [0.2, 0.25) is 10.0 Å². The summed E-state index contributed by atoms with van der Waals surface area (Å²) in [6, 6.07) is 31.0.